The Bertz CT molecular complexity index is 445. The monoisotopic (exact) mass is 280 g/mol. The largest absolute Gasteiger partial charge is 0.497 e. The van der Waals surface area contributed by atoms with Crippen LogP contribution in [0.3, 0.4) is 0 Å². The van der Waals surface area contributed by atoms with Crippen molar-refractivity contribution >= 4 is 5.91 Å². The molecule has 1 atom stereocenters. The zero-order chi connectivity index (χ0) is 15.1. The van der Waals surface area contributed by atoms with E-state index in [1.165, 1.54) is 0 Å². The van der Waals surface area contributed by atoms with Gasteiger partial charge in [0.25, 0.3) is 5.91 Å². The summed E-state index contributed by atoms with van der Waals surface area (Å²) in [4.78, 5) is 11.7. The molecule has 0 radical (unpaired) electrons. The van der Waals surface area contributed by atoms with Gasteiger partial charge in [0.15, 0.2) is 6.61 Å². The van der Waals surface area contributed by atoms with E-state index in [-0.39, 0.29) is 18.6 Å². The van der Waals surface area contributed by atoms with E-state index in [0.29, 0.717) is 24.0 Å². The van der Waals surface area contributed by atoms with Crippen molar-refractivity contribution in [1.29, 1.82) is 0 Å². The number of benzene rings is 1. The third kappa shape index (κ3) is 5.09. The molecule has 5 nitrogen and oxygen atoms in total. The van der Waals surface area contributed by atoms with Gasteiger partial charge in [-0.1, -0.05) is 19.9 Å². The molecule has 0 spiro atoms. The fraction of sp³-hybridized carbons (Fsp3) is 0.533. The lowest BCUT2D eigenvalue weighted by atomic mass is 10.1. The SMILES string of the molecule is COc1ccc([C@H](C)N)c(OCC(=O)NCC(C)C)c1. The maximum atomic E-state index is 11.7. The van der Waals surface area contributed by atoms with Gasteiger partial charge >= 0.3 is 0 Å². The fourth-order valence-electron chi connectivity index (χ4n) is 1.66. The average molecular weight is 280 g/mol. The van der Waals surface area contributed by atoms with Crippen LogP contribution in [-0.4, -0.2) is 26.2 Å². The molecule has 0 aromatic heterocycles. The predicted molar refractivity (Wildman–Crippen MR) is 78.9 cm³/mol. The first-order chi connectivity index (χ1) is 9.43. The molecule has 0 heterocycles. The molecule has 112 valence electrons. The van der Waals surface area contributed by atoms with Gasteiger partial charge in [-0.2, -0.15) is 0 Å². The van der Waals surface area contributed by atoms with Crippen molar-refractivity contribution in [3.05, 3.63) is 23.8 Å². The van der Waals surface area contributed by atoms with E-state index in [4.69, 9.17) is 15.2 Å². The zero-order valence-electron chi connectivity index (χ0n) is 12.6. The van der Waals surface area contributed by atoms with E-state index < -0.39 is 0 Å². The lowest BCUT2D eigenvalue weighted by Gasteiger charge is -2.15. The lowest BCUT2D eigenvalue weighted by Crippen LogP contribution is -2.31. The Hall–Kier alpha value is -1.75. The second kappa shape index (κ2) is 7.75. The summed E-state index contributed by atoms with van der Waals surface area (Å²) in [5, 5.41) is 2.80. The average Bonchev–Trinajstić information content (AvgIpc) is 2.42. The summed E-state index contributed by atoms with van der Waals surface area (Å²) in [6, 6.07) is 5.25. The third-order valence-electron chi connectivity index (χ3n) is 2.78. The Kier molecular flexibility index (Phi) is 6.31. The van der Waals surface area contributed by atoms with Gasteiger partial charge < -0.3 is 20.5 Å². The first kappa shape index (κ1) is 16.3. The number of amides is 1. The molecule has 1 rings (SSSR count). The van der Waals surface area contributed by atoms with Crippen molar-refractivity contribution in [2.45, 2.75) is 26.8 Å². The number of nitrogens with two attached hydrogens (primary N) is 1. The second-order valence-corrected chi connectivity index (χ2v) is 5.18. The molecule has 0 unspecified atom stereocenters. The molecular formula is C15H24N2O3. The minimum atomic E-state index is -0.172. The number of rotatable bonds is 7. The maximum Gasteiger partial charge on any atom is 0.257 e. The summed E-state index contributed by atoms with van der Waals surface area (Å²) in [5.74, 6) is 1.53. The summed E-state index contributed by atoms with van der Waals surface area (Å²) in [6.45, 7) is 6.56. The molecule has 3 N–H and O–H groups in total. The highest BCUT2D eigenvalue weighted by Gasteiger charge is 2.11. The van der Waals surface area contributed by atoms with Gasteiger partial charge in [-0.05, 0) is 18.9 Å². The van der Waals surface area contributed by atoms with Crippen molar-refractivity contribution in [2.75, 3.05) is 20.3 Å². The summed E-state index contributed by atoms with van der Waals surface area (Å²) < 4.78 is 10.7. The van der Waals surface area contributed by atoms with E-state index >= 15 is 0 Å². The molecule has 0 aliphatic carbocycles. The number of methoxy groups -OCH3 is 1. The van der Waals surface area contributed by atoms with Gasteiger partial charge in [-0.3, -0.25) is 4.79 Å². The van der Waals surface area contributed by atoms with Crippen LogP contribution in [0.5, 0.6) is 11.5 Å². The van der Waals surface area contributed by atoms with Crippen molar-refractivity contribution in [1.82, 2.24) is 5.32 Å². The number of ether oxygens (including phenoxy) is 2. The summed E-state index contributed by atoms with van der Waals surface area (Å²) in [6.07, 6.45) is 0. The van der Waals surface area contributed by atoms with Crippen molar-refractivity contribution in [2.24, 2.45) is 11.7 Å². The highest BCUT2D eigenvalue weighted by molar-refractivity contribution is 5.77. The number of carbonyl (C=O) groups is 1. The molecular weight excluding hydrogens is 256 g/mol. The van der Waals surface area contributed by atoms with Crippen LogP contribution in [0.25, 0.3) is 0 Å². The topological polar surface area (TPSA) is 73.6 Å². The van der Waals surface area contributed by atoms with E-state index in [9.17, 15) is 4.79 Å². The Morgan fingerprint density at radius 1 is 1.35 bits per heavy atom. The molecule has 1 aromatic rings. The van der Waals surface area contributed by atoms with Gasteiger partial charge in [0.05, 0.1) is 7.11 Å². The van der Waals surface area contributed by atoms with Crippen LogP contribution in [0.4, 0.5) is 0 Å². The van der Waals surface area contributed by atoms with Gasteiger partial charge in [0.2, 0.25) is 0 Å². The Morgan fingerprint density at radius 2 is 2.05 bits per heavy atom. The van der Waals surface area contributed by atoms with Crippen molar-refractivity contribution < 1.29 is 14.3 Å². The minimum Gasteiger partial charge on any atom is -0.497 e. The molecule has 1 aromatic carbocycles. The Balaban J connectivity index is 2.68. The fourth-order valence-corrected chi connectivity index (χ4v) is 1.66. The predicted octanol–water partition coefficient (Wildman–Crippen LogP) is 1.87. The van der Waals surface area contributed by atoms with Crippen LogP contribution < -0.4 is 20.5 Å². The normalized spacial score (nSPS) is 12.1. The first-order valence-corrected chi connectivity index (χ1v) is 6.77. The lowest BCUT2D eigenvalue weighted by molar-refractivity contribution is -0.123. The number of hydrogen-bond acceptors (Lipinski definition) is 4. The summed E-state index contributed by atoms with van der Waals surface area (Å²) in [5.41, 5.74) is 6.74. The van der Waals surface area contributed by atoms with E-state index in [1.54, 1.807) is 13.2 Å². The van der Waals surface area contributed by atoms with Gasteiger partial charge in [0.1, 0.15) is 11.5 Å². The zero-order valence-corrected chi connectivity index (χ0v) is 12.6. The Labute approximate surface area is 120 Å². The summed E-state index contributed by atoms with van der Waals surface area (Å²) >= 11 is 0. The van der Waals surface area contributed by atoms with Gasteiger partial charge in [-0.15, -0.1) is 0 Å². The maximum absolute atomic E-state index is 11.7. The molecule has 5 heteroatoms. The number of nitrogens with one attached hydrogen (secondary N) is 1. The number of hydrogen-bond donors (Lipinski definition) is 2. The van der Waals surface area contributed by atoms with E-state index in [0.717, 1.165) is 5.56 Å². The smallest absolute Gasteiger partial charge is 0.257 e. The second-order valence-electron chi connectivity index (χ2n) is 5.18. The molecule has 0 bridgehead atoms. The van der Waals surface area contributed by atoms with Crippen LogP contribution in [0.2, 0.25) is 0 Å². The van der Waals surface area contributed by atoms with E-state index in [2.05, 4.69) is 5.32 Å². The molecule has 1 amide bonds. The van der Waals surface area contributed by atoms with Crippen molar-refractivity contribution in [3.63, 3.8) is 0 Å². The standard InChI is InChI=1S/C15H24N2O3/c1-10(2)8-17-15(18)9-20-14-7-12(19-4)5-6-13(14)11(3)16/h5-7,10-11H,8-9,16H2,1-4H3,(H,17,18)/t11-/m0/s1. The molecule has 20 heavy (non-hydrogen) atoms. The highest BCUT2D eigenvalue weighted by atomic mass is 16.5. The Morgan fingerprint density at radius 3 is 2.60 bits per heavy atom. The van der Waals surface area contributed by atoms with Crippen LogP contribution in [0.15, 0.2) is 18.2 Å². The molecule has 0 saturated carbocycles. The molecule has 0 fully saturated rings. The number of carbonyl (C=O) groups excluding carboxylic acids is 1. The van der Waals surface area contributed by atoms with Crippen LogP contribution >= 0.6 is 0 Å². The van der Waals surface area contributed by atoms with Crippen LogP contribution in [-0.2, 0) is 4.79 Å². The van der Waals surface area contributed by atoms with Gasteiger partial charge in [0, 0.05) is 24.2 Å². The minimum absolute atomic E-state index is 0.0282. The molecule has 0 aliphatic heterocycles. The quantitative estimate of drug-likeness (QED) is 0.799. The summed E-state index contributed by atoms with van der Waals surface area (Å²) in [7, 11) is 1.58. The molecule has 0 saturated heterocycles. The van der Waals surface area contributed by atoms with Gasteiger partial charge in [-0.25, -0.2) is 0 Å². The molecule has 0 aliphatic rings. The highest BCUT2D eigenvalue weighted by Crippen LogP contribution is 2.28. The van der Waals surface area contributed by atoms with E-state index in [1.807, 2.05) is 32.9 Å². The third-order valence-corrected chi connectivity index (χ3v) is 2.78. The van der Waals surface area contributed by atoms with Crippen LogP contribution in [0, 0.1) is 5.92 Å². The first-order valence-electron chi connectivity index (χ1n) is 6.77. The van der Waals surface area contributed by atoms with Crippen LogP contribution in [0.1, 0.15) is 32.4 Å². The van der Waals surface area contributed by atoms with Crippen molar-refractivity contribution in [3.8, 4) is 11.5 Å².